The SMILES string of the molecule is CCOc1ccc(-c2ccc(C3CCC(C)CC3)cc2)cc1. The summed E-state index contributed by atoms with van der Waals surface area (Å²) >= 11 is 0. The average molecular weight is 294 g/mol. The van der Waals surface area contributed by atoms with Crippen LogP contribution in [0.4, 0.5) is 0 Å². The molecule has 0 saturated heterocycles. The highest BCUT2D eigenvalue weighted by atomic mass is 16.5. The van der Waals surface area contributed by atoms with Crippen molar-refractivity contribution in [3.63, 3.8) is 0 Å². The van der Waals surface area contributed by atoms with Gasteiger partial charge in [0.1, 0.15) is 5.75 Å². The summed E-state index contributed by atoms with van der Waals surface area (Å²) in [7, 11) is 0. The van der Waals surface area contributed by atoms with Gasteiger partial charge in [-0.15, -0.1) is 0 Å². The summed E-state index contributed by atoms with van der Waals surface area (Å²) in [6.07, 6.45) is 5.46. The van der Waals surface area contributed by atoms with Crippen LogP contribution in [0.25, 0.3) is 11.1 Å². The lowest BCUT2D eigenvalue weighted by atomic mass is 9.79. The first-order valence-corrected chi connectivity index (χ1v) is 8.59. The van der Waals surface area contributed by atoms with E-state index < -0.39 is 0 Å². The monoisotopic (exact) mass is 294 g/mol. The highest BCUT2D eigenvalue weighted by Crippen LogP contribution is 2.36. The highest BCUT2D eigenvalue weighted by molar-refractivity contribution is 5.64. The standard InChI is InChI=1S/C21H26O/c1-3-22-21-14-12-20(13-15-21)19-10-8-18(9-11-19)17-6-4-16(2)5-7-17/h8-17H,3-7H2,1-2H3. The Labute approximate surface area is 134 Å². The van der Waals surface area contributed by atoms with Gasteiger partial charge < -0.3 is 4.74 Å². The predicted octanol–water partition coefficient (Wildman–Crippen LogP) is 6.05. The van der Waals surface area contributed by atoms with Crippen molar-refractivity contribution >= 4 is 0 Å². The molecular formula is C21H26O. The fraction of sp³-hybridized carbons (Fsp3) is 0.429. The van der Waals surface area contributed by atoms with Crippen LogP contribution in [0.5, 0.6) is 5.75 Å². The van der Waals surface area contributed by atoms with Gasteiger partial charge in [0.05, 0.1) is 6.61 Å². The maximum absolute atomic E-state index is 5.50. The van der Waals surface area contributed by atoms with Crippen molar-refractivity contribution in [3.8, 4) is 16.9 Å². The summed E-state index contributed by atoms with van der Waals surface area (Å²) < 4.78 is 5.50. The van der Waals surface area contributed by atoms with Crippen molar-refractivity contribution in [2.24, 2.45) is 5.92 Å². The molecule has 0 bridgehead atoms. The number of rotatable bonds is 4. The summed E-state index contributed by atoms with van der Waals surface area (Å²) in [6.45, 7) is 5.11. The summed E-state index contributed by atoms with van der Waals surface area (Å²) in [5.74, 6) is 2.63. The van der Waals surface area contributed by atoms with E-state index in [0.717, 1.165) is 17.6 Å². The van der Waals surface area contributed by atoms with Crippen molar-refractivity contribution in [1.29, 1.82) is 0 Å². The second-order valence-corrected chi connectivity index (χ2v) is 6.54. The lowest BCUT2D eigenvalue weighted by Crippen LogP contribution is -2.10. The van der Waals surface area contributed by atoms with Gasteiger partial charge in [-0.2, -0.15) is 0 Å². The molecule has 0 radical (unpaired) electrons. The van der Waals surface area contributed by atoms with Gasteiger partial charge in [-0.3, -0.25) is 0 Å². The van der Waals surface area contributed by atoms with E-state index in [1.807, 2.05) is 6.92 Å². The van der Waals surface area contributed by atoms with Gasteiger partial charge in [0.25, 0.3) is 0 Å². The van der Waals surface area contributed by atoms with Gasteiger partial charge in [-0.25, -0.2) is 0 Å². The minimum absolute atomic E-state index is 0.716. The van der Waals surface area contributed by atoms with Gasteiger partial charge in [0.15, 0.2) is 0 Å². The smallest absolute Gasteiger partial charge is 0.119 e. The largest absolute Gasteiger partial charge is 0.494 e. The molecule has 0 heterocycles. The Hall–Kier alpha value is -1.76. The first-order chi connectivity index (χ1) is 10.8. The molecule has 0 aromatic heterocycles. The first kappa shape index (κ1) is 15.1. The third-order valence-electron chi connectivity index (χ3n) is 4.90. The Morgan fingerprint density at radius 1 is 0.818 bits per heavy atom. The molecule has 0 N–H and O–H groups in total. The molecule has 1 nitrogen and oxygen atoms in total. The first-order valence-electron chi connectivity index (χ1n) is 8.59. The van der Waals surface area contributed by atoms with Crippen molar-refractivity contribution in [1.82, 2.24) is 0 Å². The predicted molar refractivity (Wildman–Crippen MR) is 93.4 cm³/mol. The molecule has 1 saturated carbocycles. The molecule has 0 unspecified atom stereocenters. The topological polar surface area (TPSA) is 9.23 Å². The Morgan fingerprint density at radius 3 is 1.91 bits per heavy atom. The molecule has 1 aliphatic carbocycles. The molecule has 0 aliphatic heterocycles. The highest BCUT2D eigenvalue weighted by Gasteiger charge is 2.19. The van der Waals surface area contributed by atoms with E-state index in [2.05, 4.69) is 55.5 Å². The number of hydrogen-bond acceptors (Lipinski definition) is 1. The summed E-state index contributed by atoms with van der Waals surface area (Å²) in [5, 5.41) is 0. The summed E-state index contributed by atoms with van der Waals surface area (Å²) in [6, 6.07) is 17.6. The molecule has 116 valence electrons. The molecule has 3 rings (SSSR count). The Kier molecular flexibility index (Phi) is 4.82. The molecular weight excluding hydrogens is 268 g/mol. The van der Waals surface area contributed by atoms with Crippen LogP contribution in [0, 0.1) is 5.92 Å². The molecule has 0 amide bonds. The van der Waals surface area contributed by atoms with Gasteiger partial charge in [-0.05, 0) is 60.4 Å². The second-order valence-electron chi connectivity index (χ2n) is 6.54. The minimum atomic E-state index is 0.716. The zero-order valence-corrected chi connectivity index (χ0v) is 13.7. The quantitative estimate of drug-likeness (QED) is 0.667. The van der Waals surface area contributed by atoms with E-state index in [9.17, 15) is 0 Å². The zero-order chi connectivity index (χ0) is 15.4. The third kappa shape index (κ3) is 3.52. The van der Waals surface area contributed by atoms with Crippen molar-refractivity contribution in [2.75, 3.05) is 6.61 Å². The van der Waals surface area contributed by atoms with E-state index in [1.165, 1.54) is 42.4 Å². The zero-order valence-electron chi connectivity index (χ0n) is 13.7. The summed E-state index contributed by atoms with van der Waals surface area (Å²) in [5.41, 5.74) is 4.06. The minimum Gasteiger partial charge on any atom is -0.494 e. The lowest BCUT2D eigenvalue weighted by Gasteiger charge is -2.26. The molecule has 0 atom stereocenters. The average Bonchev–Trinajstić information content (AvgIpc) is 2.57. The van der Waals surface area contributed by atoms with Crippen LogP contribution in [0.2, 0.25) is 0 Å². The number of hydrogen-bond donors (Lipinski definition) is 0. The van der Waals surface area contributed by atoms with E-state index in [-0.39, 0.29) is 0 Å². The lowest BCUT2D eigenvalue weighted by molar-refractivity contribution is 0.340. The van der Waals surface area contributed by atoms with E-state index in [4.69, 9.17) is 4.74 Å². The van der Waals surface area contributed by atoms with E-state index >= 15 is 0 Å². The van der Waals surface area contributed by atoms with Crippen LogP contribution >= 0.6 is 0 Å². The normalized spacial score (nSPS) is 21.5. The van der Waals surface area contributed by atoms with Crippen LogP contribution in [-0.4, -0.2) is 6.61 Å². The van der Waals surface area contributed by atoms with Crippen LogP contribution in [0.1, 0.15) is 51.0 Å². The molecule has 2 aromatic rings. The maximum Gasteiger partial charge on any atom is 0.119 e. The Balaban J connectivity index is 1.70. The molecule has 2 aromatic carbocycles. The molecule has 1 fully saturated rings. The van der Waals surface area contributed by atoms with Crippen LogP contribution in [-0.2, 0) is 0 Å². The van der Waals surface area contributed by atoms with E-state index in [0.29, 0.717) is 6.61 Å². The van der Waals surface area contributed by atoms with Gasteiger partial charge in [-0.1, -0.05) is 56.2 Å². The van der Waals surface area contributed by atoms with Crippen molar-refractivity contribution in [3.05, 3.63) is 54.1 Å². The van der Waals surface area contributed by atoms with Crippen molar-refractivity contribution in [2.45, 2.75) is 45.4 Å². The van der Waals surface area contributed by atoms with Crippen LogP contribution in [0.15, 0.2) is 48.5 Å². The molecule has 0 spiro atoms. The van der Waals surface area contributed by atoms with Gasteiger partial charge in [0, 0.05) is 0 Å². The van der Waals surface area contributed by atoms with Crippen molar-refractivity contribution < 1.29 is 4.74 Å². The van der Waals surface area contributed by atoms with Gasteiger partial charge in [0.2, 0.25) is 0 Å². The fourth-order valence-corrected chi connectivity index (χ4v) is 3.45. The summed E-state index contributed by atoms with van der Waals surface area (Å²) in [4.78, 5) is 0. The van der Waals surface area contributed by atoms with Crippen LogP contribution in [0.3, 0.4) is 0 Å². The van der Waals surface area contributed by atoms with Gasteiger partial charge >= 0.3 is 0 Å². The molecule has 22 heavy (non-hydrogen) atoms. The Bertz CT molecular complexity index is 574. The number of ether oxygens (including phenoxy) is 1. The number of benzene rings is 2. The van der Waals surface area contributed by atoms with E-state index in [1.54, 1.807) is 0 Å². The Morgan fingerprint density at radius 2 is 1.36 bits per heavy atom. The maximum atomic E-state index is 5.50. The second kappa shape index (κ2) is 7.00. The van der Waals surface area contributed by atoms with Crippen LogP contribution < -0.4 is 4.74 Å². The fourth-order valence-electron chi connectivity index (χ4n) is 3.45. The molecule has 1 heteroatoms. The molecule has 1 aliphatic rings. The third-order valence-corrected chi connectivity index (χ3v) is 4.90.